The minimum Gasteiger partial charge on any atom is -0.463 e. The molecule has 0 aromatic heterocycles. The Labute approximate surface area is 188 Å². The monoisotopic (exact) mass is 430 g/mol. The Hall–Kier alpha value is -3.85. The van der Waals surface area contributed by atoms with Crippen molar-refractivity contribution in [3.63, 3.8) is 0 Å². The van der Waals surface area contributed by atoms with Crippen LogP contribution < -0.4 is 5.32 Å². The molecule has 0 atom stereocenters. The molecule has 0 saturated heterocycles. The number of nitrogens with zero attached hydrogens (tertiary/aromatic N) is 1. The molecule has 0 radical (unpaired) electrons. The van der Waals surface area contributed by atoms with E-state index in [1.54, 1.807) is 39.8 Å². The summed E-state index contributed by atoms with van der Waals surface area (Å²) >= 11 is 0. The molecule has 6 heteroatoms. The average molecular weight is 431 g/mol. The van der Waals surface area contributed by atoms with Crippen LogP contribution in [0.15, 0.2) is 71.1 Å². The molecule has 0 unspecified atom stereocenters. The summed E-state index contributed by atoms with van der Waals surface area (Å²) in [5.41, 5.74) is 4.90. The van der Waals surface area contributed by atoms with Crippen molar-refractivity contribution >= 4 is 11.9 Å². The van der Waals surface area contributed by atoms with Crippen molar-refractivity contribution in [3.8, 4) is 17.2 Å². The Morgan fingerprint density at radius 2 is 1.53 bits per heavy atom. The summed E-state index contributed by atoms with van der Waals surface area (Å²) in [5, 5.41) is 12.5. The zero-order chi connectivity index (χ0) is 23.3. The lowest BCUT2D eigenvalue weighted by Gasteiger charge is -2.31. The lowest BCUT2D eigenvalue weighted by Crippen LogP contribution is -2.32. The number of carbonyl (C=O) groups excluding carboxylic acids is 2. The normalized spacial score (nSPS) is 14.0. The smallest absolute Gasteiger partial charge is 0.336 e. The SMILES string of the molecule is CCOC(=O)C1=C(C)NC(C)=C(C(=O)OCC)C1c1ccccc1-c1cccc(C#N)c1. The number of benzene rings is 2. The molecule has 0 saturated carbocycles. The number of hydrogen-bond acceptors (Lipinski definition) is 6. The van der Waals surface area contributed by atoms with Gasteiger partial charge in [-0.25, -0.2) is 9.59 Å². The summed E-state index contributed by atoms with van der Waals surface area (Å²) in [5.74, 6) is -1.66. The van der Waals surface area contributed by atoms with Gasteiger partial charge in [0.25, 0.3) is 0 Å². The number of ether oxygens (including phenoxy) is 2. The maximum atomic E-state index is 13.0. The van der Waals surface area contributed by atoms with Crippen molar-refractivity contribution in [1.29, 1.82) is 5.26 Å². The fourth-order valence-corrected chi connectivity index (χ4v) is 4.03. The highest BCUT2D eigenvalue weighted by molar-refractivity contribution is 6.00. The third kappa shape index (κ3) is 4.42. The standard InChI is InChI=1S/C26H26N2O4/c1-5-31-25(29)22-16(3)28-17(4)23(26(30)32-6-2)24(22)21-13-8-7-12-20(21)19-11-9-10-18(14-19)15-27/h7-14,24,28H,5-6H2,1-4H3. The maximum absolute atomic E-state index is 13.0. The average Bonchev–Trinajstić information content (AvgIpc) is 2.78. The van der Waals surface area contributed by atoms with Gasteiger partial charge in [0.15, 0.2) is 0 Å². The fraction of sp³-hybridized carbons (Fsp3) is 0.269. The first-order valence-corrected chi connectivity index (χ1v) is 10.5. The van der Waals surface area contributed by atoms with Crippen molar-refractivity contribution in [2.45, 2.75) is 33.6 Å². The van der Waals surface area contributed by atoms with Crippen LogP contribution >= 0.6 is 0 Å². The Kier molecular flexibility index (Phi) is 7.11. The maximum Gasteiger partial charge on any atom is 0.336 e. The van der Waals surface area contributed by atoms with Crippen LogP contribution in [0.3, 0.4) is 0 Å². The summed E-state index contributed by atoms with van der Waals surface area (Å²) in [6.45, 7) is 7.51. The lowest BCUT2D eigenvalue weighted by molar-refractivity contribution is -0.139. The number of nitrogens with one attached hydrogen (secondary N) is 1. The molecule has 0 bridgehead atoms. The molecule has 0 amide bonds. The second-order valence-corrected chi connectivity index (χ2v) is 7.36. The summed E-state index contributed by atoms with van der Waals surface area (Å²) in [7, 11) is 0. The first-order valence-electron chi connectivity index (χ1n) is 10.5. The fourth-order valence-electron chi connectivity index (χ4n) is 4.03. The van der Waals surface area contributed by atoms with Gasteiger partial charge in [0.2, 0.25) is 0 Å². The first kappa shape index (κ1) is 22.8. The van der Waals surface area contributed by atoms with Crippen molar-refractivity contribution < 1.29 is 19.1 Å². The molecule has 2 aromatic carbocycles. The Morgan fingerprint density at radius 3 is 2.09 bits per heavy atom. The van der Waals surface area contributed by atoms with Crippen molar-refractivity contribution in [2.75, 3.05) is 13.2 Å². The van der Waals surface area contributed by atoms with Crippen molar-refractivity contribution in [1.82, 2.24) is 5.32 Å². The van der Waals surface area contributed by atoms with E-state index in [9.17, 15) is 14.9 Å². The van der Waals surface area contributed by atoms with Gasteiger partial charge in [0, 0.05) is 11.4 Å². The van der Waals surface area contributed by atoms with Crippen LogP contribution in [0.5, 0.6) is 0 Å². The van der Waals surface area contributed by atoms with Crippen molar-refractivity contribution in [3.05, 3.63) is 82.2 Å². The van der Waals surface area contributed by atoms with Gasteiger partial charge in [0.1, 0.15) is 0 Å². The molecular formula is C26H26N2O4. The molecule has 6 nitrogen and oxygen atoms in total. The van der Waals surface area contributed by atoms with Crippen LogP contribution in [0.4, 0.5) is 0 Å². The predicted molar refractivity (Wildman–Crippen MR) is 121 cm³/mol. The zero-order valence-corrected chi connectivity index (χ0v) is 18.7. The number of dihydropyridines is 1. The van der Waals surface area contributed by atoms with Gasteiger partial charge in [-0.15, -0.1) is 0 Å². The van der Waals surface area contributed by atoms with E-state index >= 15 is 0 Å². The molecule has 0 aliphatic carbocycles. The van der Waals surface area contributed by atoms with Crippen LogP contribution in [0.25, 0.3) is 11.1 Å². The predicted octanol–water partition coefficient (Wildman–Crippen LogP) is 4.59. The highest BCUT2D eigenvalue weighted by Crippen LogP contribution is 2.43. The Bertz CT molecular complexity index is 1110. The van der Waals surface area contributed by atoms with E-state index in [0.29, 0.717) is 28.1 Å². The third-order valence-corrected chi connectivity index (χ3v) is 5.33. The van der Waals surface area contributed by atoms with Crippen LogP contribution in [-0.2, 0) is 19.1 Å². The van der Waals surface area contributed by atoms with Gasteiger partial charge < -0.3 is 14.8 Å². The van der Waals surface area contributed by atoms with Gasteiger partial charge in [-0.05, 0) is 56.5 Å². The van der Waals surface area contributed by atoms with E-state index < -0.39 is 17.9 Å². The molecule has 1 N–H and O–H groups in total. The zero-order valence-electron chi connectivity index (χ0n) is 18.7. The van der Waals surface area contributed by atoms with Crippen LogP contribution in [0.2, 0.25) is 0 Å². The van der Waals surface area contributed by atoms with Gasteiger partial charge >= 0.3 is 11.9 Å². The second kappa shape index (κ2) is 9.97. The summed E-state index contributed by atoms with van der Waals surface area (Å²) in [6.07, 6.45) is 0. The Balaban J connectivity index is 2.29. The molecule has 1 heterocycles. The molecule has 0 spiro atoms. The molecule has 164 valence electrons. The number of esters is 2. The van der Waals surface area contributed by atoms with Crippen LogP contribution in [-0.4, -0.2) is 25.2 Å². The van der Waals surface area contributed by atoms with Gasteiger partial charge in [-0.2, -0.15) is 5.26 Å². The summed E-state index contributed by atoms with van der Waals surface area (Å²) in [4.78, 5) is 26.1. The van der Waals surface area contributed by atoms with E-state index in [1.807, 2.05) is 36.4 Å². The summed E-state index contributed by atoms with van der Waals surface area (Å²) in [6, 6.07) is 17.0. The largest absolute Gasteiger partial charge is 0.463 e. The quantitative estimate of drug-likeness (QED) is 0.675. The number of hydrogen-bond donors (Lipinski definition) is 1. The molecule has 3 rings (SSSR count). The highest BCUT2D eigenvalue weighted by atomic mass is 16.5. The van der Waals surface area contributed by atoms with E-state index in [0.717, 1.165) is 16.7 Å². The first-order chi connectivity index (χ1) is 15.4. The van der Waals surface area contributed by atoms with Gasteiger partial charge in [-0.3, -0.25) is 0 Å². The number of rotatable bonds is 6. The van der Waals surface area contributed by atoms with E-state index in [1.165, 1.54) is 0 Å². The van der Waals surface area contributed by atoms with E-state index in [2.05, 4.69) is 11.4 Å². The Morgan fingerprint density at radius 1 is 0.938 bits per heavy atom. The molecule has 1 aliphatic heterocycles. The number of carbonyl (C=O) groups is 2. The van der Waals surface area contributed by atoms with Gasteiger partial charge in [-0.1, -0.05) is 36.4 Å². The molecule has 2 aromatic rings. The third-order valence-electron chi connectivity index (χ3n) is 5.33. The number of allylic oxidation sites excluding steroid dienone is 2. The van der Waals surface area contributed by atoms with Gasteiger partial charge in [0.05, 0.1) is 41.9 Å². The molecular weight excluding hydrogens is 404 g/mol. The van der Waals surface area contributed by atoms with Crippen molar-refractivity contribution in [2.24, 2.45) is 0 Å². The minimum absolute atomic E-state index is 0.214. The van der Waals surface area contributed by atoms with E-state index in [-0.39, 0.29) is 13.2 Å². The van der Waals surface area contributed by atoms with Crippen LogP contribution in [0, 0.1) is 11.3 Å². The second-order valence-electron chi connectivity index (χ2n) is 7.36. The topological polar surface area (TPSA) is 88.4 Å². The lowest BCUT2D eigenvalue weighted by atomic mass is 9.77. The molecule has 32 heavy (non-hydrogen) atoms. The molecule has 0 fully saturated rings. The number of nitriles is 1. The van der Waals surface area contributed by atoms with Crippen LogP contribution in [0.1, 0.15) is 44.7 Å². The highest BCUT2D eigenvalue weighted by Gasteiger charge is 2.38. The summed E-state index contributed by atoms with van der Waals surface area (Å²) < 4.78 is 10.7. The van der Waals surface area contributed by atoms with E-state index in [4.69, 9.17) is 9.47 Å². The molecule has 1 aliphatic rings. The minimum atomic E-state index is -0.684.